The molecule has 5 heteroatoms. The van der Waals surface area contributed by atoms with Crippen molar-refractivity contribution >= 4 is 22.1 Å². The van der Waals surface area contributed by atoms with Gasteiger partial charge in [-0.2, -0.15) is 0 Å². The Kier molecular flexibility index (Phi) is 1.89. The lowest BCUT2D eigenvalue weighted by Crippen LogP contribution is -1.92. The van der Waals surface area contributed by atoms with Crippen molar-refractivity contribution in [3.05, 3.63) is 30.7 Å². The van der Waals surface area contributed by atoms with Crippen LogP contribution in [0.2, 0.25) is 0 Å². The highest BCUT2D eigenvalue weighted by Gasteiger charge is 2.05. The van der Waals surface area contributed by atoms with Crippen LogP contribution in [0.3, 0.4) is 0 Å². The first kappa shape index (κ1) is 8.96. The lowest BCUT2D eigenvalue weighted by Gasteiger charge is -2.02. The van der Waals surface area contributed by atoms with Crippen molar-refractivity contribution < 1.29 is 4.74 Å². The summed E-state index contributed by atoms with van der Waals surface area (Å²) in [7, 11) is 1.57. The molecule has 3 rings (SSSR count). The number of ether oxygens (including phenoxy) is 1. The Balaban J connectivity index is 2.43. The molecule has 0 saturated heterocycles. The maximum absolute atomic E-state index is 5.02. The SMILES string of the molecule is COc1cnc2c(ccc3nccnc32)n1. The minimum atomic E-state index is 0.496. The van der Waals surface area contributed by atoms with E-state index in [2.05, 4.69) is 19.9 Å². The largest absolute Gasteiger partial charge is 0.480 e. The Bertz CT molecular complexity index is 668. The Morgan fingerprint density at radius 1 is 0.938 bits per heavy atom. The minimum Gasteiger partial charge on any atom is -0.480 e. The zero-order chi connectivity index (χ0) is 11.0. The average Bonchev–Trinajstić information content (AvgIpc) is 2.38. The number of benzene rings is 1. The molecule has 0 radical (unpaired) electrons. The summed E-state index contributed by atoms with van der Waals surface area (Å²) in [5.74, 6) is 0.496. The van der Waals surface area contributed by atoms with Gasteiger partial charge in [-0.05, 0) is 12.1 Å². The summed E-state index contributed by atoms with van der Waals surface area (Å²) in [4.78, 5) is 17.1. The van der Waals surface area contributed by atoms with Crippen LogP contribution < -0.4 is 4.74 Å². The number of aromatic nitrogens is 4. The van der Waals surface area contributed by atoms with E-state index in [1.165, 1.54) is 0 Å². The molecule has 0 unspecified atom stereocenters. The highest BCUT2D eigenvalue weighted by Crippen LogP contribution is 2.20. The van der Waals surface area contributed by atoms with Crippen molar-refractivity contribution in [1.82, 2.24) is 19.9 Å². The summed E-state index contributed by atoms with van der Waals surface area (Å²) in [6, 6.07) is 3.74. The molecule has 5 nitrogen and oxygen atoms in total. The molecule has 16 heavy (non-hydrogen) atoms. The van der Waals surface area contributed by atoms with Crippen molar-refractivity contribution in [3.63, 3.8) is 0 Å². The smallest absolute Gasteiger partial charge is 0.232 e. The predicted molar refractivity (Wildman–Crippen MR) is 59.2 cm³/mol. The van der Waals surface area contributed by atoms with Crippen molar-refractivity contribution in [2.45, 2.75) is 0 Å². The van der Waals surface area contributed by atoms with Gasteiger partial charge in [0.2, 0.25) is 5.88 Å². The van der Waals surface area contributed by atoms with E-state index in [1.54, 1.807) is 25.7 Å². The molecule has 2 heterocycles. The zero-order valence-electron chi connectivity index (χ0n) is 8.58. The Morgan fingerprint density at radius 2 is 1.69 bits per heavy atom. The van der Waals surface area contributed by atoms with Crippen molar-refractivity contribution in [2.24, 2.45) is 0 Å². The second-order valence-electron chi connectivity index (χ2n) is 3.27. The van der Waals surface area contributed by atoms with Crippen molar-refractivity contribution in [1.29, 1.82) is 0 Å². The fourth-order valence-corrected chi connectivity index (χ4v) is 1.59. The number of nitrogens with zero attached hydrogens (tertiary/aromatic N) is 4. The molecule has 1 aromatic carbocycles. The molecule has 0 aliphatic carbocycles. The molecular weight excluding hydrogens is 204 g/mol. The number of hydrogen-bond donors (Lipinski definition) is 0. The first-order valence-corrected chi connectivity index (χ1v) is 4.79. The molecule has 3 aromatic rings. The lowest BCUT2D eigenvalue weighted by molar-refractivity contribution is 0.398. The van der Waals surface area contributed by atoms with Crippen LogP contribution >= 0.6 is 0 Å². The van der Waals surface area contributed by atoms with E-state index in [0.717, 1.165) is 22.1 Å². The highest BCUT2D eigenvalue weighted by molar-refractivity contribution is 5.99. The highest BCUT2D eigenvalue weighted by atomic mass is 16.5. The lowest BCUT2D eigenvalue weighted by atomic mass is 10.2. The van der Waals surface area contributed by atoms with Gasteiger partial charge >= 0.3 is 0 Å². The van der Waals surface area contributed by atoms with Gasteiger partial charge in [0, 0.05) is 12.4 Å². The molecule has 0 atom stereocenters. The van der Waals surface area contributed by atoms with Gasteiger partial charge in [-0.15, -0.1) is 0 Å². The van der Waals surface area contributed by atoms with E-state index < -0.39 is 0 Å². The van der Waals surface area contributed by atoms with Crippen LogP contribution in [0, 0.1) is 0 Å². The summed E-state index contributed by atoms with van der Waals surface area (Å²) in [6.45, 7) is 0. The van der Waals surface area contributed by atoms with Crippen molar-refractivity contribution in [3.8, 4) is 5.88 Å². The topological polar surface area (TPSA) is 60.8 Å². The molecule has 0 fully saturated rings. The first-order valence-electron chi connectivity index (χ1n) is 4.79. The van der Waals surface area contributed by atoms with Gasteiger partial charge in [-0.1, -0.05) is 0 Å². The van der Waals surface area contributed by atoms with E-state index in [-0.39, 0.29) is 0 Å². The molecule has 0 spiro atoms. The summed E-state index contributed by atoms with van der Waals surface area (Å²) in [5, 5.41) is 0. The first-order chi connectivity index (χ1) is 7.88. The second kappa shape index (κ2) is 3.37. The van der Waals surface area contributed by atoms with Gasteiger partial charge in [0.25, 0.3) is 0 Å². The molecule has 0 amide bonds. The third-order valence-corrected chi connectivity index (χ3v) is 2.34. The monoisotopic (exact) mass is 212 g/mol. The molecular formula is C11H8N4O. The van der Waals surface area contributed by atoms with Crippen LogP contribution in [0.1, 0.15) is 0 Å². The van der Waals surface area contributed by atoms with Crippen LogP contribution in [-0.2, 0) is 0 Å². The van der Waals surface area contributed by atoms with Gasteiger partial charge in [-0.3, -0.25) is 9.97 Å². The maximum atomic E-state index is 5.02. The third kappa shape index (κ3) is 1.25. The molecule has 0 N–H and O–H groups in total. The third-order valence-electron chi connectivity index (χ3n) is 2.34. The molecule has 0 aliphatic heterocycles. The zero-order valence-corrected chi connectivity index (χ0v) is 8.58. The summed E-state index contributed by atoms with van der Waals surface area (Å²) < 4.78 is 5.02. The van der Waals surface area contributed by atoms with E-state index in [9.17, 15) is 0 Å². The Morgan fingerprint density at radius 3 is 2.56 bits per heavy atom. The maximum Gasteiger partial charge on any atom is 0.232 e. The number of methoxy groups -OCH3 is 1. The van der Waals surface area contributed by atoms with Crippen LogP contribution in [0.15, 0.2) is 30.7 Å². The molecule has 78 valence electrons. The summed E-state index contributed by atoms with van der Waals surface area (Å²) >= 11 is 0. The average molecular weight is 212 g/mol. The fourth-order valence-electron chi connectivity index (χ4n) is 1.59. The summed E-state index contributed by atoms with van der Waals surface area (Å²) in [5.41, 5.74) is 3.07. The van der Waals surface area contributed by atoms with Gasteiger partial charge in [0.15, 0.2) is 0 Å². The molecule has 2 aromatic heterocycles. The summed E-state index contributed by atoms with van der Waals surface area (Å²) in [6.07, 6.45) is 4.88. The van der Waals surface area contributed by atoms with E-state index in [1.807, 2.05) is 12.1 Å². The van der Waals surface area contributed by atoms with Crippen LogP contribution in [-0.4, -0.2) is 27.0 Å². The number of hydrogen-bond acceptors (Lipinski definition) is 5. The normalized spacial score (nSPS) is 10.8. The van der Waals surface area contributed by atoms with Crippen molar-refractivity contribution in [2.75, 3.05) is 7.11 Å². The number of rotatable bonds is 1. The van der Waals surface area contributed by atoms with Crippen LogP contribution in [0.25, 0.3) is 22.1 Å². The van der Waals surface area contributed by atoms with Gasteiger partial charge < -0.3 is 4.74 Å². The standard InChI is InChI=1S/C11H8N4O/c1-16-9-6-14-11-8(15-9)3-2-7-10(11)13-5-4-12-7/h2-6H,1H3. The molecule has 0 saturated carbocycles. The van der Waals surface area contributed by atoms with Gasteiger partial charge in [0.1, 0.15) is 11.0 Å². The molecule has 0 bridgehead atoms. The fraction of sp³-hybridized carbons (Fsp3) is 0.0909. The van der Waals surface area contributed by atoms with Crippen LogP contribution in [0.4, 0.5) is 0 Å². The Hall–Kier alpha value is -2.30. The van der Waals surface area contributed by atoms with E-state index >= 15 is 0 Å². The predicted octanol–water partition coefficient (Wildman–Crippen LogP) is 1.58. The number of fused-ring (bicyclic) bond motifs is 3. The van der Waals surface area contributed by atoms with Gasteiger partial charge in [0.05, 0.1) is 24.3 Å². The minimum absolute atomic E-state index is 0.496. The van der Waals surface area contributed by atoms with Crippen LogP contribution in [0.5, 0.6) is 5.88 Å². The Labute approximate surface area is 91.2 Å². The van der Waals surface area contributed by atoms with E-state index in [0.29, 0.717) is 5.88 Å². The quantitative estimate of drug-likeness (QED) is 0.573. The molecule has 0 aliphatic rings. The van der Waals surface area contributed by atoms with Gasteiger partial charge in [-0.25, -0.2) is 9.97 Å². The second-order valence-corrected chi connectivity index (χ2v) is 3.27. The van der Waals surface area contributed by atoms with E-state index in [4.69, 9.17) is 4.74 Å².